The van der Waals surface area contributed by atoms with Gasteiger partial charge in [-0.15, -0.1) is 0 Å². The normalized spacial score (nSPS) is 14.9. The Bertz CT molecular complexity index is 184. The molecule has 0 aromatic heterocycles. The summed E-state index contributed by atoms with van der Waals surface area (Å²) in [4.78, 5) is 0. The number of hydrogen-bond donors (Lipinski definition) is 2. The van der Waals surface area contributed by atoms with Gasteiger partial charge in [-0.2, -0.15) is 8.42 Å². The van der Waals surface area contributed by atoms with Crippen LogP contribution in [0.2, 0.25) is 0 Å². The first-order valence-corrected chi connectivity index (χ1v) is 3.36. The van der Waals surface area contributed by atoms with Crippen molar-refractivity contribution in [2.45, 2.75) is 6.23 Å². The van der Waals surface area contributed by atoms with Crippen molar-refractivity contribution in [2.24, 2.45) is 5.73 Å². The predicted octanol–water partition coefficient (Wildman–Crippen LogP) is -0.723. The van der Waals surface area contributed by atoms with Gasteiger partial charge in [-0.25, -0.2) is 4.18 Å². The molecule has 1 atom stereocenters. The Labute approximate surface area is 53.1 Å². The van der Waals surface area contributed by atoms with Crippen molar-refractivity contribution in [1.82, 2.24) is 0 Å². The smallest absolute Gasteiger partial charge is 0.302 e. The van der Waals surface area contributed by atoms with Crippen LogP contribution in [0.1, 0.15) is 0 Å². The zero-order valence-corrected chi connectivity index (χ0v) is 5.34. The molecule has 0 aromatic carbocycles. The Morgan fingerprint density at radius 2 is 2.22 bits per heavy atom. The van der Waals surface area contributed by atoms with Gasteiger partial charge in [0.05, 0.1) is 0 Å². The number of hydrogen-bond acceptors (Lipinski definition) is 4. The molecule has 0 amide bonds. The molecule has 0 saturated carbocycles. The molecule has 0 rings (SSSR count). The monoisotopic (exact) mass is 153 g/mol. The lowest BCUT2D eigenvalue weighted by atomic mass is 10.6. The van der Waals surface area contributed by atoms with E-state index in [1.54, 1.807) is 0 Å². The molecule has 0 saturated heterocycles. The molecule has 5 nitrogen and oxygen atoms in total. The Morgan fingerprint density at radius 3 is 2.33 bits per heavy atom. The van der Waals surface area contributed by atoms with Crippen molar-refractivity contribution in [3.05, 3.63) is 12.7 Å². The second kappa shape index (κ2) is 2.92. The largest absolute Gasteiger partial charge is 0.399 e. The molecular weight excluding hydrogens is 146 g/mol. The van der Waals surface area contributed by atoms with Gasteiger partial charge >= 0.3 is 10.4 Å². The summed E-state index contributed by atoms with van der Waals surface area (Å²) in [6, 6.07) is 0. The third kappa shape index (κ3) is 5.44. The standard InChI is InChI=1S/C3H7NO4S/c1-2-3(4)8-9(5,6)7/h2-3H,1,4H2,(H,5,6,7). The van der Waals surface area contributed by atoms with E-state index in [-0.39, 0.29) is 0 Å². The lowest BCUT2D eigenvalue weighted by Gasteiger charge is -2.01. The molecule has 0 aromatic rings. The highest BCUT2D eigenvalue weighted by molar-refractivity contribution is 7.80. The third-order valence-electron chi connectivity index (χ3n) is 0.465. The summed E-state index contributed by atoms with van der Waals surface area (Å²) >= 11 is 0. The van der Waals surface area contributed by atoms with Crippen LogP contribution in [0.4, 0.5) is 0 Å². The first kappa shape index (κ1) is 8.57. The van der Waals surface area contributed by atoms with E-state index in [4.69, 9.17) is 10.3 Å². The molecule has 54 valence electrons. The topological polar surface area (TPSA) is 89.6 Å². The highest BCUT2D eigenvalue weighted by Crippen LogP contribution is 1.89. The van der Waals surface area contributed by atoms with Crippen molar-refractivity contribution >= 4 is 10.4 Å². The van der Waals surface area contributed by atoms with Crippen LogP contribution in [0, 0.1) is 0 Å². The SMILES string of the molecule is C=CC(N)OS(=O)(=O)O. The molecule has 0 aliphatic heterocycles. The van der Waals surface area contributed by atoms with E-state index in [9.17, 15) is 8.42 Å². The van der Waals surface area contributed by atoms with Gasteiger partial charge in [0.1, 0.15) is 6.23 Å². The van der Waals surface area contributed by atoms with Crippen molar-refractivity contribution < 1.29 is 17.2 Å². The summed E-state index contributed by atoms with van der Waals surface area (Å²) in [5.74, 6) is 0. The lowest BCUT2D eigenvalue weighted by molar-refractivity contribution is 0.226. The number of nitrogens with two attached hydrogens (primary N) is 1. The van der Waals surface area contributed by atoms with Crippen LogP contribution in [-0.4, -0.2) is 19.2 Å². The van der Waals surface area contributed by atoms with Crippen LogP contribution in [-0.2, 0) is 14.6 Å². The Kier molecular flexibility index (Phi) is 2.78. The quantitative estimate of drug-likeness (QED) is 0.317. The average Bonchev–Trinajstić information content (AvgIpc) is 1.62. The van der Waals surface area contributed by atoms with Gasteiger partial charge in [-0.1, -0.05) is 6.58 Å². The van der Waals surface area contributed by atoms with E-state index in [0.29, 0.717) is 0 Å². The van der Waals surface area contributed by atoms with Crippen LogP contribution in [0.5, 0.6) is 0 Å². The molecule has 0 radical (unpaired) electrons. The minimum atomic E-state index is -4.43. The van der Waals surface area contributed by atoms with E-state index >= 15 is 0 Å². The second-order valence-electron chi connectivity index (χ2n) is 1.22. The number of rotatable bonds is 3. The van der Waals surface area contributed by atoms with Gasteiger partial charge in [-0.05, 0) is 6.08 Å². The molecule has 0 fully saturated rings. The highest BCUT2D eigenvalue weighted by Gasteiger charge is 2.07. The molecule has 9 heavy (non-hydrogen) atoms. The summed E-state index contributed by atoms with van der Waals surface area (Å²) < 4.78 is 31.3. The summed E-state index contributed by atoms with van der Waals surface area (Å²) in [6.07, 6.45) is -0.145. The van der Waals surface area contributed by atoms with Gasteiger partial charge in [0.2, 0.25) is 0 Å². The van der Waals surface area contributed by atoms with Gasteiger partial charge < -0.3 is 5.73 Å². The van der Waals surface area contributed by atoms with Gasteiger partial charge in [0.25, 0.3) is 0 Å². The van der Waals surface area contributed by atoms with Gasteiger partial charge in [-0.3, -0.25) is 4.55 Å². The van der Waals surface area contributed by atoms with E-state index in [1.807, 2.05) is 0 Å². The molecule has 0 aliphatic carbocycles. The van der Waals surface area contributed by atoms with E-state index in [0.717, 1.165) is 6.08 Å². The second-order valence-corrected chi connectivity index (χ2v) is 2.27. The van der Waals surface area contributed by atoms with Crippen LogP contribution < -0.4 is 5.73 Å². The maximum Gasteiger partial charge on any atom is 0.399 e. The summed E-state index contributed by atoms with van der Waals surface area (Å²) in [6.45, 7) is 3.12. The average molecular weight is 153 g/mol. The van der Waals surface area contributed by atoms with E-state index in [1.165, 1.54) is 0 Å². The Morgan fingerprint density at radius 1 is 1.78 bits per heavy atom. The lowest BCUT2D eigenvalue weighted by Crippen LogP contribution is -2.23. The van der Waals surface area contributed by atoms with Crippen molar-refractivity contribution in [3.8, 4) is 0 Å². The van der Waals surface area contributed by atoms with Crippen LogP contribution in [0.15, 0.2) is 12.7 Å². The fourth-order valence-corrected chi connectivity index (χ4v) is 0.539. The zero-order chi connectivity index (χ0) is 7.49. The Balaban J connectivity index is 3.89. The van der Waals surface area contributed by atoms with Crippen molar-refractivity contribution in [1.29, 1.82) is 0 Å². The minimum absolute atomic E-state index is 1.04. The van der Waals surface area contributed by atoms with Crippen LogP contribution in [0.25, 0.3) is 0 Å². The first-order valence-electron chi connectivity index (χ1n) is 1.99. The molecule has 3 N–H and O–H groups in total. The molecular formula is C3H7NO4S. The highest BCUT2D eigenvalue weighted by atomic mass is 32.3. The van der Waals surface area contributed by atoms with E-state index in [2.05, 4.69) is 10.8 Å². The Hall–Kier alpha value is -0.430. The predicted molar refractivity (Wildman–Crippen MR) is 30.8 cm³/mol. The molecule has 0 heterocycles. The maximum atomic E-state index is 9.81. The van der Waals surface area contributed by atoms with Crippen molar-refractivity contribution in [2.75, 3.05) is 0 Å². The molecule has 0 spiro atoms. The van der Waals surface area contributed by atoms with Crippen LogP contribution >= 0.6 is 0 Å². The summed E-state index contributed by atoms with van der Waals surface area (Å²) in [5.41, 5.74) is 4.88. The van der Waals surface area contributed by atoms with Crippen LogP contribution in [0.3, 0.4) is 0 Å². The molecule has 6 heteroatoms. The summed E-state index contributed by atoms with van der Waals surface area (Å²) in [5, 5.41) is 0. The van der Waals surface area contributed by atoms with Gasteiger partial charge in [0, 0.05) is 0 Å². The third-order valence-corrected chi connectivity index (χ3v) is 0.930. The zero-order valence-electron chi connectivity index (χ0n) is 4.52. The first-order chi connectivity index (χ1) is 3.95. The fraction of sp³-hybridized carbons (Fsp3) is 0.333. The molecule has 0 aliphatic rings. The molecule has 0 bridgehead atoms. The molecule has 1 unspecified atom stereocenters. The maximum absolute atomic E-state index is 9.81. The minimum Gasteiger partial charge on any atom is -0.302 e. The van der Waals surface area contributed by atoms with Crippen molar-refractivity contribution in [3.63, 3.8) is 0 Å². The van der Waals surface area contributed by atoms with Gasteiger partial charge in [0.15, 0.2) is 0 Å². The summed E-state index contributed by atoms with van der Waals surface area (Å²) in [7, 11) is -4.43. The van der Waals surface area contributed by atoms with E-state index < -0.39 is 16.6 Å². The fourth-order valence-electron chi connectivity index (χ4n) is 0.180.